The largest absolute Gasteiger partial charge is 0.504 e. The number of fused-ring (bicyclic) bond motifs is 1. The van der Waals surface area contributed by atoms with Crippen LogP contribution in [0, 0.1) is 0 Å². The van der Waals surface area contributed by atoms with Crippen LogP contribution in [0.15, 0.2) is 24.3 Å². The van der Waals surface area contributed by atoms with Gasteiger partial charge in [-0.05, 0) is 26.0 Å². The lowest BCUT2D eigenvalue weighted by molar-refractivity contribution is -0.699. The molecule has 2 aromatic rings. The fourth-order valence-corrected chi connectivity index (χ4v) is 2.37. The van der Waals surface area contributed by atoms with Gasteiger partial charge in [-0.1, -0.05) is 13.8 Å². The van der Waals surface area contributed by atoms with Crippen molar-refractivity contribution in [3.8, 4) is 11.5 Å². The van der Waals surface area contributed by atoms with Crippen LogP contribution >= 0.6 is 0 Å². The van der Waals surface area contributed by atoms with Gasteiger partial charge in [0, 0.05) is 12.0 Å². The first kappa shape index (κ1) is 12.7. The minimum atomic E-state index is -0.0740. The molecule has 1 heterocycles. The van der Waals surface area contributed by atoms with Crippen LogP contribution in [0.1, 0.15) is 45.3 Å². The minimum Gasteiger partial charge on any atom is -0.504 e. The monoisotopic (exact) mass is 246 g/mol. The van der Waals surface area contributed by atoms with Crippen LogP contribution in [0.5, 0.6) is 11.5 Å². The lowest BCUT2D eigenvalue weighted by Gasteiger charge is -2.13. The van der Waals surface area contributed by atoms with Crippen LogP contribution in [-0.2, 0) is 0 Å². The Morgan fingerprint density at radius 3 is 2.11 bits per heavy atom. The molecule has 0 fully saturated rings. The molecule has 0 unspecified atom stereocenters. The number of benzene rings is 1. The van der Waals surface area contributed by atoms with Crippen molar-refractivity contribution < 1.29 is 14.8 Å². The van der Waals surface area contributed by atoms with Crippen molar-refractivity contribution >= 4 is 10.9 Å². The molecule has 0 aliphatic carbocycles. The predicted octanol–water partition coefficient (Wildman–Crippen LogP) is 3.24. The standard InChI is InChI=1S/C15H19NO2/c1-9(2)12-6-5-11-7-14(17)15(18)8-13(11)16(12)10(3)4/h5-10,17H,1-4H3/p+1. The molecule has 0 spiro atoms. The molecule has 2 rings (SSSR count). The summed E-state index contributed by atoms with van der Waals surface area (Å²) in [5, 5.41) is 20.2. The molecule has 0 atom stereocenters. The summed E-state index contributed by atoms with van der Waals surface area (Å²) in [7, 11) is 0. The molecule has 0 radical (unpaired) electrons. The first-order chi connectivity index (χ1) is 8.41. The Bertz CT molecular complexity index is 589. The number of rotatable bonds is 2. The molecule has 0 aliphatic heterocycles. The number of aromatic hydroxyl groups is 2. The molecule has 1 aromatic carbocycles. The fraction of sp³-hybridized carbons (Fsp3) is 0.400. The highest BCUT2D eigenvalue weighted by Gasteiger charge is 2.22. The molecule has 0 bridgehead atoms. The van der Waals surface area contributed by atoms with E-state index in [1.807, 2.05) is 6.07 Å². The summed E-state index contributed by atoms with van der Waals surface area (Å²) >= 11 is 0. The van der Waals surface area contributed by atoms with Gasteiger partial charge in [-0.2, -0.15) is 4.57 Å². The van der Waals surface area contributed by atoms with E-state index in [0.717, 1.165) is 10.9 Å². The molecular weight excluding hydrogens is 226 g/mol. The van der Waals surface area contributed by atoms with Crippen molar-refractivity contribution in [3.63, 3.8) is 0 Å². The molecule has 3 heteroatoms. The summed E-state index contributed by atoms with van der Waals surface area (Å²) in [6.07, 6.45) is 0. The number of phenols is 2. The highest BCUT2D eigenvalue weighted by Crippen LogP contribution is 2.30. The zero-order valence-electron chi connectivity index (χ0n) is 11.3. The van der Waals surface area contributed by atoms with Gasteiger partial charge in [0.15, 0.2) is 23.2 Å². The molecule has 0 aliphatic rings. The molecule has 3 nitrogen and oxygen atoms in total. The quantitative estimate of drug-likeness (QED) is 0.631. The lowest BCUT2D eigenvalue weighted by Crippen LogP contribution is -2.41. The topological polar surface area (TPSA) is 44.3 Å². The molecule has 1 aromatic heterocycles. The summed E-state index contributed by atoms with van der Waals surface area (Å²) in [4.78, 5) is 0. The Morgan fingerprint density at radius 2 is 1.56 bits per heavy atom. The predicted molar refractivity (Wildman–Crippen MR) is 71.9 cm³/mol. The van der Waals surface area contributed by atoms with E-state index >= 15 is 0 Å². The lowest BCUT2D eigenvalue weighted by atomic mass is 10.0. The third-order valence-electron chi connectivity index (χ3n) is 3.20. The Hall–Kier alpha value is -1.77. The Balaban J connectivity index is 2.85. The second kappa shape index (κ2) is 4.48. The second-order valence-electron chi connectivity index (χ2n) is 5.28. The average Bonchev–Trinajstić information content (AvgIpc) is 2.28. The van der Waals surface area contributed by atoms with Crippen molar-refractivity contribution in [2.75, 3.05) is 0 Å². The van der Waals surface area contributed by atoms with Gasteiger partial charge in [-0.25, -0.2) is 0 Å². The summed E-state index contributed by atoms with van der Waals surface area (Å²) in [6.45, 7) is 8.55. The zero-order valence-corrected chi connectivity index (χ0v) is 11.3. The van der Waals surface area contributed by atoms with Crippen molar-refractivity contribution in [3.05, 3.63) is 30.0 Å². The number of hydrogen-bond acceptors (Lipinski definition) is 2. The maximum absolute atomic E-state index is 9.69. The Morgan fingerprint density at radius 1 is 0.944 bits per heavy atom. The van der Waals surface area contributed by atoms with Gasteiger partial charge in [-0.15, -0.1) is 0 Å². The van der Waals surface area contributed by atoms with Gasteiger partial charge < -0.3 is 10.2 Å². The highest BCUT2D eigenvalue weighted by molar-refractivity contribution is 5.79. The highest BCUT2D eigenvalue weighted by atomic mass is 16.3. The summed E-state index contributed by atoms with van der Waals surface area (Å²) in [5.74, 6) is 0.264. The summed E-state index contributed by atoms with van der Waals surface area (Å²) in [6, 6.07) is 7.62. The first-order valence-electron chi connectivity index (χ1n) is 6.32. The second-order valence-corrected chi connectivity index (χ2v) is 5.28. The van der Waals surface area contributed by atoms with Crippen molar-refractivity contribution in [2.24, 2.45) is 0 Å². The number of aromatic nitrogens is 1. The third kappa shape index (κ3) is 2.01. The summed E-state index contributed by atoms with van der Waals surface area (Å²) in [5.41, 5.74) is 2.18. The van der Waals surface area contributed by atoms with Crippen LogP contribution in [-0.4, -0.2) is 10.2 Å². The first-order valence-corrected chi connectivity index (χ1v) is 6.32. The number of hydrogen-bond donors (Lipinski definition) is 2. The van der Waals surface area contributed by atoms with Crippen LogP contribution in [0.3, 0.4) is 0 Å². The van der Waals surface area contributed by atoms with E-state index in [1.165, 1.54) is 5.69 Å². The van der Waals surface area contributed by atoms with Crippen LogP contribution < -0.4 is 4.57 Å². The maximum Gasteiger partial charge on any atom is 0.216 e. The van der Waals surface area contributed by atoms with E-state index < -0.39 is 0 Å². The maximum atomic E-state index is 9.69. The van der Waals surface area contributed by atoms with E-state index in [9.17, 15) is 10.2 Å². The van der Waals surface area contributed by atoms with E-state index in [2.05, 4.69) is 38.3 Å². The van der Waals surface area contributed by atoms with Crippen molar-refractivity contribution in [1.82, 2.24) is 0 Å². The average molecular weight is 246 g/mol. The van der Waals surface area contributed by atoms with Crippen LogP contribution in [0.2, 0.25) is 0 Å². The van der Waals surface area contributed by atoms with E-state index in [1.54, 1.807) is 12.1 Å². The van der Waals surface area contributed by atoms with Crippen LogP contribution in [0.4, 0.5) is 0 Å². The molecule has 0 saturated heterocycles. The van der Waals surface area contributed by atoms with Gasteiger partial charge in [0.25, 0.3) is 0 Å². The number of phenolic OH excluding ortho intramolecular Hbond substituents is 2. The van der Waals surface area contributed by atoms with E-state index in [4.69, 9.17) is 0 Å². The smallest absolute Gasteiger partial charge is 0.216 e. The fourth-order valence-electron chi connectivity index (χ4n) is 2.37. The van der Waals surface area contributed by atoms with Gasteiger partial charge in [0.1, 0.15) is 0 Å². The van der Waals surface area contributed by atoms with Gasteiger partial charge in [0.2, 0.25) is 5.52 Å². The zero-order chi connectivity index (χ0) is 13.4. The molecule has 18 heavy (non-hydrogen) atoms. The third-order valence-corrected chi connectivity index (χ3v) is 3.20. The Labute approximate surface area is 107 Å². The van der Waals surface area contributed by atoms with Crippen LogP contribution in [0.25, 0.3) is 10.9 Å². The van der Waals surface area contributed by atoms with Gasteiger partial charge in [0.05, 0.1) is 11.5 Å². The minimum absolute atomic E-state index is 0.0715. The normalized spacial score (nSPS) is 11.7. The molecular formula is C15H20NO2+. The van der Waals surface area contributed by atoms with Crippen molar-refractivity contribution in [1.29, 1.82) is 0 Å². The molecule has 0 saturated carbocycles. The number of nitrogens with zero attached hydrogens (tertiary/aromatic N) is 1. The van der Waals surface area contributed by atoms with Crippen molar-refractivity contribution in [2.45, 2.75) is 39.7 Å². The van der Waals surface area contributed by atoms with E-state index in [-0.39, 0.29) is 11.5 Å². The van der Waals surface area contributed by atoms with Gasteiger partial charge in [-0.3, -0.25) is 0 Å². The molecule has 2 N–H and O–H groups in total. The summed E-state index contributed by atoms with van der Waals surface area (Å²) < 4.78 is 2.21. The SMILES string of the molecule is CC(C)c1ccc2cc(O)c(O)cc2[n+]1C(C)C. The van der Waals surface area contributed by atoms with E-state index in [0.29, 0.717) is 12.0 Å². The molecule has 96 valence electrons. The van der Waals surface area contributed by atoms with Gasteiger partial charge >= 0.3 is 0 Å². The molecule has 0 amide bonds. The number of pyridine rings is 1. The Kier molecular flexibility index (Phi) is 3.16.